The molecule has 2 aliphatic rings. The number of carbonyl (C=O) groups is 2. The second-order valence-electron chi connectivity index (χ2n) is 6.27. The smallest absolute Gasteiger partial charge is 0.335 e. The number of hydrogen-bond acceptors (Lipinski definition) is 3. The SMILES string of the molecule is O=C(O)c1ccc(C(=O)N2CCC(OCC3CC3)CC2)c(F)c1. The number of nitrogens with zero attached hydrogens (tertiary/aromatic N) is 1. The Hall–Kier alpha value is -1.95. The number of aromatic carboxylic acids is 1. The Kier molecular flexibility index (Phi) is 4.61. The molecule has 1 amide bonds. The lowest BCUT2D eigenvalue weighted by Gasteiger charge is -2.32. The Morgan fingerprint density at radius 3 is 2.48 bits per heavy atom. The van der Waals surface area contributed by atoms with Crippen LogP contribution in [0.1, 0.15) is 46.4 Å². The summed E-state index contributed by atoms with van der Waals surface area (Å²) in [6.45, 7) is 1.88. The van der Waals surface area contributed by atoms with E-state index in [0.717, 1.165) is 31.4 Å². The quantitative estimate of drug-likeness (QED) is 0.905. The lowest BCUT2D eigenvalue weighted by molar-refractivity contribution is 0.00400. The molecule has 0 radical (unpaired) electrons. The molecule has 0 unspecified atom stereocenters. The molecule has 1 heterocycles. The lowest BCUT2D eigenvalue weighted by Crippen LogP contribution is -2.41. The summed E-state index contributed by atoms with van der Waals surface area (Å²) in [6.07, 6.45) is 4.20. The Bertz CT molecular complexity index is 607. The molecule has 1 aromatic rings. The molecule has 3 rings (SSSR count). The Balaban J connectivity index is 1.57. The number of hydrogen-bond donors (Lipinski definition) is 1. The second kappa shape index (κ2) is 6.66. The number of ether oxygens (including phenoxy) is 1. The highest BCUT2D eigenvalue weighted by molar-refractivity contribution is 5.96. The van der Waals surface area contributed by atoms with Gasteiger partial charge in [0.2, 0.25) is 0 Å². The molecule has 5 nitrogen and oxygen atoms in total. The minimum absolute atomic E-state index is 0.0765. The third-order valence-corrected chi connectivity index (χ3v) is 4.44. The van der Waals surface area contributed by atoms with Gasteiger partial charge >= 0.3 is 5.97 Å². The standard InChI is InChI=1S/C17H20FNO4/c18-15-9-12(17(21)22)3-4-14(15)16(20)19-7-5-13(6-8-19)23-10-11-1-2-11/h3-4,9,11,13H,1-2,5-8,10H2,(H,21,22). The Morgan fingerprint density at radius 1 is 1.22 bits per heavy atom. The van der Waals surface area contributed by atoms with Gasteiger partial charge in [-0.1, -0.05) is 0 Å². The van der Waals surface area contributed by atoms with Gasteiger partial charge in [-0.2, -0.15) is 0 Å². The highest BCUT2D eigenvalue weighted by Crippen LogP contribution is 2.30. The first-order valence-corrected chi connectivity index (χ1v) is 7.98. The number of piperidine rings is 1. The zero-order chi connectivity index (χ0) is 16.4. The second-order valence-corrected chi connectivity index (χ2v) is 6.27. The van der Waals surface area contributed by atoms with Crippen LogP contribution < -0.4 is 0 Å². The molecule has 23 heavy (non-hydrogen) atoms. The normalized spacial score (nSPS) is 18.9. The molecule has 1 aromatic carbocycles. The molecular formula is C17H20FNO4. The molecule has 124 valence electrons. The number of likely N-dealkylation sites (tertiary alicyclic amines) is 1. The zero-order valence-corrected chi connectivity index (χ0v) is 12.8. The minimum atomic E-state index is -1.21. The highest BCUT2D eigenvalue weighted by Gasteiger charge is 2.28. The van der Waals surface area contributed by atoms with Crippen LogP contribution in [0.4, 0.5) is 4.39 Å². The predicted molar refractivity (Wildman–Crippen MR) is 81.0 cm³/mol. The number of halogens is 1. The van der Waals surface area contributed by atoms with E-state index in [9.17, 15) is 14.0 Å². The van der Waals surface area contributed by atoms with Crippen LogP contribution >= 0.6 is 0 Å². The number of carbonyl (C=O) groups excluding carboxylic acids is 1. The molecule has 6 heteroatoms. The van der Waals surface area contributed by atoms with E-state index >= 15 is 0 Å². The van der Waals surface area contributed by atoms with Crippen molar-refractivity contribution < 1.29 is 23.8 Å². The third kappa shape index (κ3) is 3.88. The van der Waals surface area contributed by atoms with Crippen LogP contribution in [0, 0.1) is 11.7 Å². The maximum absolute atomic E-state index is 14.0. The number of benzene rings is 1. The molecule has 1 N–H and O–H groups in total. The summed E-state index contributed by atoms with van der Waals surface area (Å²) in [7, 11) is 0. The first-order chi connectivity index (χ1) is 11.0. The van der Waals surface area contributed by atoms with Crippen molar-refractivity contribution in [3.63, 3.8) is 0 Å². The summed E-state index contributed by atoms with van der Waals surface area (Å²) in [5.74, 6) is -1.67. The van der Waals surface area contributed by atoms with Crippen molar-refractivity contribution in [1.82, 2.24) is 4.90 Å². The topological polar surface area (TPSA) is 66.8 Å². The number of carboxylic acid groups (broad SMARTS) is 1. The van der Waals surface area contributed by atoms with Gasteiger partial charge in [-0.15, -0.1) is 0 Å². The van der Waals surface area contributed by atoms with Crippen LogP contribution in [0.3, 0.4) is 0 Å². The fourth-order valence-electron chi connectivity index (χ4n) is 2.77. The molecule has 0 atom stereocenters. The summed E-state index contributed by atoms with van der Waals surface area (Å²) < 4.78 is 19.8. The minimum Gasteiger partial charge on any atom is -0.478 e. The van der Waals surface area contributed by atoms with Crippen LogP contribution in [0.2, 0.25) is 0 Å². The summed E-state index contributed by atoms with van der Waals surface area (Å²) in [4.78, 5) is 24.8. The van der Waals surface area contributed by atoms with Crippen molar-refractivity contribution in [2.24, 2.45) is 5.92 Å². The van der Waals surface area contributed by atoms with E-state index in [1.165, 1.54) is 25.0 Å². The van der Waals surface area contributed by atoms with Gasteiger partial charge in [-0.25, -0.2) is 9.18 Å². The van der Waals surface area contributed by atoms with Gasteiger partial charge in [0.05, 0.1) is 17.2 Å². The molecular weight excluding hydrogens is 301 g/mol. The van der Waals surface area contributed by atoms with Crippen molar-refractivity contribution in [2.75, 3.05) is 19.7 Å². The summed E-state index contributed by atoms with van der Waals surface area (Å²) in [6, 6.07) is 3.39. The largest absolute Gasteiger partial charge is 0.478 e. The molecule has 2 fully saturated rings. The van der Waals surface area contributed by atoms with Crippen LogP contribution in [-0.2, 0) is 4.74 Å². The monoisotopic (exact) mass is 321 g/mol. The van der Waals surface area contributed by atoms with Gasteiger partial charge in [0.1, 0.15) is 5.82 Å². The van der Waals surface area contributed by atoms with Crippen LogP contribution in [0.15, 0.2) is 18.2 Å². The number of carboxylic acids is 1. The van der Waals surface area contributed by atoms with Crippen molar-refractivity contribution in [3.05, 3.63) is 35.1 Å². The molecule has 1 saturated carbocycles. The molecule has 1 saturated heterocycles. The van der Waals surface area contributed by atoms with Gasteiger partial charge in [-0.3, -0.25) is 4.79 Å². The molecule has 0 bridgehead atoms. The Morgan fingerprint density at radius 2 is 1.91 bits per heavy atom. The summed E-state index contributed by atoms with van der Waals surface area (Å²) in [5.41, 5.74) is -0.237. The van der Waals surface area contributed by atoms with Gasteiger partial charge in [0.15, 0.2) is 0 Å². The van der Waals surface area contributed by atoms with E-state index in [2.05, 4.69) is 0 Å². The zero-order valence-electron chi connectivity index (χ0n) is 12.8. The van der Waals surface area contributed by atoms with E-state index in [0.29, 0.717) is 13.1 Å². The van der Waals surface area contributed by atoms with E-state index in [1.807, 2.05) is 0 Å². The van der Waals surface area contributed by atoms with Crippen molar-refractivity contribution in [2.45, 2.75) is 31.8 Å². The average molecular weight is 321 g/mol. The van der Waals surface area contributed by atoms with E-state index in [4.69, 9.17) is 9.84 Å². The van der Waals surface area contributed by atoms with Gasteiger partial charge in [0, 0.05) is 19.7 Å². The predicted octanol–water partition coefficient (Wildman–Crippen LogP) is 2.56. The average Bonchev–Trinajstić information content (AvgIpc) is 3.37. The molecule has 1 aliphatic heterocycles. The van der Waals surface area contributed by atoms with E-state index in [1.54, 1.807) is 4.90 Å². The first kappa shape index (κ1) is 15.9. The fraction of sp³-hybridized carbons (Fsp3) is 0.529. The number of amides is 1. The van der Waals surface area contributed by atoms with Crippen LogP contribution in [0.25, 0.3) is 0 Å². The van der Waals surface area contributed by atoms with Crippen LogP contribution in [0.5, 0.6) is 0 Å². The van der Waals surface area contributed by atoms with Crippen molar-refractivity contribution in [1.29, 1.82) is 0 Å². The summed E-state index contributed by atoms with van der Waals surface area (Å²) in [5, 5.41) is 8.83. The van der Waals surface area contributed by atoms with Crippen LogP contribution in [-0.4, -0.2) is 47.7 Å². The van der Waals surface area contributed by atoms with E-state index in [-0.39, 0.29) is 23.1 Å². The lowest BCUT2D eigenvalue weighted by atomic mass is 10.0. The Labute approximate surface area is 134 Å². The van der Waals surface area contributed by atoms with Gasteiger partial charge in [0.25, 0.3) is 5.91 Å². The fourth-order valence-corrected chi connectivity index (χ4v) is 2.77. The van der Waals surface area contributed by atoms with Gasteiger partial charge in [-0.05, 0) is 49.8 Å². The first-order valence-electron chi connectivity index (χ1n) is 7.98. The van der Waals surface area contributed by atoms with Crippen molar-refractivity contribution >= 4 is 11.9 Å². The maximum Gasteiger partial charge on any atom is 0.335 e. The van der Waals surface area contributed by atoms with E-state index < -0.39 is 11.8 Å². The molecule has 0 aromatic heterocycles. The highest BCUT2D eigenvalue weighted by atomic mass is 19.1. The third-order valence-electron chi connectivity index (χ3n) is 4.44. The molecule has 1 aliphatic carbocycles. The number of rotatable bonds is 5. The van der Waals surface area contributed by atoms with Gasteiger partial charge < -0.3 is 14.7 Å². The maximum atomic E-state index is 14.0. The molecule has 0 spiro atoms. The summed E-state index contributed by atoms with van der Waals surface area (Å²) >= 11 is 0. The van der Waals surface area contributed by atoms with Crippen molar-refractivity contribution in [3.8, 4) is 0 Å².